The first kappa shape index (κ1) is 17.5. The molecule has 0 unspecified atom stereocenters. The van der Waals surface area contributed by atoms with Gasteiger partial charge in [0.05, 0.1) is 6.61 Å². The first-order chi connectivity index (χ1) is 13.0. The number of rotatable bonds is 2. The van der Waals surface area contributed by atoms with Crippen LogP contribution >= 0.6 is 0 Å². The van der Waals surface area contributed by atoms with Crippen LogP contribution in [0.25, 0.3) is 11.1 Å². The Kier molecular flexibility index (Phi) is 4.36. The van der Waals surface area contributed by atoms with E-state index in [4.69, 9.17) is 15.2 Å². The summed E-state index contributed by atoms with van der Waals surface area (Å²) in [7, 11) is 0. The van der Waals surface area contributed by atoms with Gasteiger partial charge in [-0.15, -0.1) is 0 Å². The van der Waals surface area contributed by atoms with Crippen LogP contribution in [0.15, 0.2) is 42.5 Å². The van der Waals surface area contributed by atoms with Crippen LogP contribution in [-0.4, -0.2) is 35.6 Å². The van der Waals surface area contributed by atoms with Crippen molar-refractivity contribution < 1.29 is 19.1 Å². The molecule has 2 aromatic rings. The van der Waals surface area contributed by atoms with E-state index in [1.165, 1.54) is 0 Å². The number of fused-ring (bicyclic) bond motifs is 1. The minimum Gasteiger partial charge on any atom is -0.462 e. The Balaban J connectivity index is 1.55. The van der Waals surface area contributed by atoms with E-state index in [0.29, 0.717) is 38.1 Å². The molecule has 4 rings (SSSR count). The van der Waals surface area contributed by atoms with Crippen LogP contribution < -0.4 is 10.5 Å². The highest BCUT2D eigenvalue weighted by atomic mass is 16.7. The minimum atomic E-state index is -0.646. The van der Waals surface area contributed by atoms with Crippen molar-refractivity contribution in [2.75, 3.05) is 13.1 Å². The molecule has 0 atom stereocenters. The number of amides is 2. The Morgan fingerprint density at radius 1 is 1.07 bits per heavy atom. The highest BCUT2D eigenvalue weighted by molar-refractivity contribution is 5.94. The fraction of sp³-hybridized carbons (Fsp3) is 0.333. The first-order valence-electron chi connectivity index (χ1n) is 9.07. The number of piperidine rings is 1. The first-order valence-corrected chi connectivity index (χ1v) is 9.07. The van der Waals surface area contributed by atoms with Crippen LogP contribution in [0.3, 0.4) is 0 Å². The van der Waals surface area contributed by atoms with Crippen molar-refractivity contribution in [2.45, 2.75) is 32.2 Å². The number of nitrogens with zero attached hydrogens (tertiary/aromatic N) is 1. The van der Waals surface area contributed by atoms with E-state index in [0.717, 1.165) is 22.4 Å². The molecule has 0 saturated carbocycles. The van der Waals surface area contributed by atoms with Gasteiger partial charge < -0.3 is 20.1 Å². The second-order valence-corrected chi connectivity index (χ2v) is 7.08. The molecule has 1 fully saturated rings. The number of hydrogen-bond acceptors (Lipinski definition) is 4. The van der Waals surface area contributed by atoms with Gasteiger partial charge in [-0.25, -0.2) is 0 Å². The molecule has 2 heterocycles. The zero-order valence-corrected chi connectivity index (χ0v) is 15.2. The van der Waals surface area contributed by atoms with Crippen LogP contribution in [0.2, 0.25) is 0 Å². The molecule has 6 heteroatoms. The van der Waals surface area contributed by atoms with Gasteiger partial charge in [0.15, 0.2) is 0 Å². The maximum atomic E-state index is 11.5. The highest BCUT2D eigenvalue weighted by Crippen LogP contribution is 2.39. The normalized spacial score (nSPS) is 17.9. The van der Waals surface area contributed by atoms with Gasteiger partial charge in [0.25, 0.3) is 0 Å². The zero-order valence-electron chi connectivity index (χ0n) is 15.2. The second kappa shape index (κ2) is 6.70. The average molecular weight is 366 g/mol. The third-order valence-corrected chi connectivity index (χ3v) is 5.30. The molecule has 0 aromatic heterocycles. The maximum absolute atomic E-state index is 11.5. The van der Waals surface area contributed by atoms with Crippen LogP contribution in [0.4, 0.5) is 0 Å². The summed E-state index contributed by atoms with van der Waals surface area (Å²) in [4.78, 5) is 24.8. The Morgan fingerprint density at radius 2 is 1.81 bits per heavy atom. The van der Waals surface area contributed by atoms with E-state index in [1.807, 2.05) is 35.2 Å². The summed E-state index contributed by atoms with van der Waals surface area (Å²) < 4.78 is 12.3. The average Bonchev–Trinajstić information content (AvgIpc) is 2.68. The molecule has 6 nitrogen and oxygen atoms in total. The Hall–Kier alpha value is -2.86. The van der Waals surface area contributed by atoms with Crippen molar-refractivity contribution in [3.05, 3.63) is 53.6 Å². The highest BCUT2D eigenvalue weighted by Gasteiger charge is 2.41. The summed E-state index contributed by atoms with van der Waals surface area (Å²) in [5.74, 6) is -0.191. The number of carbonyl (C=O) groups is 2. The number of benzene rings is 2. The number of primary amides is 1. The number of carbonyl (C=O) groups excluding carboxylic acids is 2. The van der Waals surface area contributed by atoms with Crippen molar-refractivity contribution >= 4 is 11.8 Å². The fourth-order valence-corrected chi connectivity index (χ4v) is 3.67. The topological polar surface area (TPSA) is 81.9 Å². The van der Waals surface area contributed by atoms with Gasteiger partial charge in [-0.1, -0.05) is 18.2 Å². The summed E-state index contributed by atoms with van der Waals surface area (Å²) in [5.41, 5.74) is 8.72. The Morgan fingerprint density at radius 3 is 2.52 bits per heavy atom. The molecule has 0 aliphatic carbocycles. The molecule has 1 spiro atoms. The minimum absolute atomic E-state index is 0.0869. The molecular formula is C21H22N2O4. The Bertz CT molecular complexity index is 901. The molecule has 2 aliphatic rings. The summed E-state index contributed by atoms with van der Waals surface area (Å²) in [6.07, 6.45) is 1.32. The molecule has 140 valence electrons. The van der Waals surface area contributed by atoms with Crippen molar-refractivity contribution in [2.24, 2.45) is 5.73 Å². The largest absolute Gasteiger partial charge is 0.462 e. The van der Waals surface area contributed by atoms with Gasteiger partial charge >= 0.3 is 0 Å². The molecule has 2 amide bonds. The monoisotopic (exact) mass is 366 g/mol. The molecule has 0 radical (unpaired) electrons. The van der Waals surface area contributed by atoms with E-state index in [1.54, 1.807) is 19.1 Å². The van der Waals surface area contributed by atoms with Crippen molar-refractivity contribution in [1.29, 1.82) is 0 Å². The molecule has 27 heavy (non-hydrogen) atoms. The predicted octanol–water partition coefficient (Wildman–Crippen LogP) is 2.70. The van der Waals surface area contributed by atoms with Gasteiger partial charge in [0.1, 0.15) is 5.75 Å². The van der Waals surface area contributed by atoms with Gasteiger partial charge in [0.2, 0.25) is 17.6 Å². The summed E-state index contributed by atoms with van der Waals surface area (Å²) in [6.45, 7) is 3.33. The zero-order chi connectivity index (χ0) is 19.0. The van der Waals surface area contributed by atoms with Gasteiger partial charge in [-0.2, -0.15) is 0 Å². The van der Waals surface area contributed by atoms with Crippen molar-refractivity contribution in [3.63, 3.8) is 0 Å². The quantitative estimate of drug-likeness (QED) is 0.886. The summed E-state index contributed by atoms with van der Waals surface area (Å²) in [6, 6.07) is 13.2. The van der Waals surface area contributed by atoms with Crippen LogP contribution in [0, 0.1) is 0 Å². The predicted molar refractivity (Wildman–Crippen MR) is 100 cm³/mol. The molecular weight excluding hydrogens is 344 g/mol. The number of likely N-dealkylation sites (tertiary alicyclic amines) is 1. The lowest BCUT2D eigenvalue weighted by atomic mass is 9.98. The lowest BCUT2D eigenvalue weighted by Gasteiger charge is -2.43. The fourth-order valence-electron chi connectivity index (χ4n) is 3.67. The second-order valence-electron chi connectivity index (χ2n) is 7.08. The van der Waals surface area contributed by atoms with E-state index < -0.39 is 11.7 Å². The van der Waals surface area contributed by atoms with Crippen LogP contribution in [0.1, 0.15) is 35.7 Å². The molecule has 2 N–H and O–H groups in total. The third-order valence-electron chi connectivity index (χ3n) is 5.30. The number of hydrogen-bond donors (Lipinski definition) is 1. The lowest BCUT2D eigenvalue weighted by Crippen LogP contribution is -2.52. The summed E-state index contributed by atoms with van der Waals surface area (Å²) >= 11 is 0. The molecule has 2 aliphatic heterocycles. The van der Waals surface area contributed by atoms with Crippen LogP contribution in [-0.2, 0) is 16.1 Å². The standard InChI is InChI=1S/C21H22N2O4/c1-14(24)23-9-7-21(8-10-23)26-13-18-12-16(5-6-19(18)27-21)15-3-2-4-17(11-15)20(22)25/h2-6,11-12H,7-10,13H2,1H3,(H2,22,25). The Labute approximate surface area is 157 Å². The van der Waals surface area contributed by atoms with Crippen molar-refractivity contribution in [1.82, 2.24) is 4.90 Å². The smallest absolute Gasteiger partial charge is 0.248 e. The number of ether oxygens (including phenoxy) is 2. The van der Waals surface area contributed by atoms with E-state index in [9.17, 15) is 9.59 Å². The summed E-state index contributed by atoms with van der Waals surface area (Å²) in [5, 5.41) is 0. The molecule has 1 saturated heterocycles. The van der Waals surface area contributed by atoms with Gasteiger partial charge in [-0.3, -0.25) is 9.59 Å². The number of nitrogens with two attached hydrogens (primary N) is 1. The van der Waals surface area contributed by atoms with Gasteiger partial charge in [-0.05, 0) is 35.4 Å². The van der Waals surface area contributed by atoms with E-state index in [2.05, 4.69) is 0 Å². The SMILES string of the molecule is CC(=O)N1CCC2(CC1)OCc1cc(-c3cccc(C(N)=O)c3)ccc1O2. The van der Waals surface area contributed by atoms with Crippen LogP contribution in [0.5, 0.6) is 5.75 Å². The van der Waals surface area contributed by atoms with Gasteiger partial charge in [0, 0.05) is 44.0 Å². The van der Waals surface area contributed by atoms with Crippen molar-refractivity contribution in [3.8, 4) is 16.9 Å². The van der Waals surface area contributed by atoms with E-state index >= 15 is 0 Å². The molecule has 2 aromatic carbocycles. The third kappa shape index (κ3) is 3.40. The maximum Gasteiger partial charge on any atom is 0.248 e. The van der Waals surface area contributed by atoms with E-state index in [-0.39, 0.29) is 5.91 Å². The molecule has 0 bridgehead atoms. The lowest BCUT2D eigenvalue weighted by molar-refractivity contribution is -0.227.